The third kappa shape index (κ3) is 5.00. The minimum absolute atomic E-state index is 0.0139. The van der Waals surface area contributed by atoms with E-state index in [-0.39, 0.29) is 11.9 Å². The van der Waals surface area contributed by atoms with E-state index in [9.17, 15) is 22.0 Å². The number of carboxylic acids is 1. The van der Waals surface area contributed by atoms with Crippen molar-refractivity contribution in [3.05, 3.63) is 29.8 Å². The Balaban J connectivity index is 0.000000246. The fourth-order valence-electron chi connectivity index (χ4n) is 1.10. The van der Waals surface area contributed by atoms with Crippen molar-refractivity contribution < 1.29 is 36.6 Å². The van der Waals surface area contributed by atoms with Gasteiger partial charge in [-0.15, -0.1) is 0 Å². The van der Waals surface area contributed by atoms with Crippen LogP contribution in [-0.4, -0.2) is 36.4 Å². The lowest BCUT2D eigenvalue weighted by Gasteiger charge is -2.27. The normalized spacial score (nSPS) is 14.8. The Morgan fingerprint density at radius 3 is 2.20 bits per heavy atom. The fraction of sp³-hybridized carbons (Fsp3) is 0.364. The second-order valence-electron chi connectivity index (χ2n) is 3.78. The molecular weight excluding hydrogens is 289 g/mol. The third-order valence-electron chi connectivity index (χ3n) is 2.17. The summed E-state index contributed by atoms with van der Waals surface area (Å²) >= 11 is 0. The quantitative estimate of drug-likeness (QED) is 0.820. The molecule has 1 aromatic carbocycles. The first-order chi connectivity index (χ1) is 9.20. The van der Waals surface area contributed by atoms with Crippen molar-refractivity contribution >= 4 is 5.97 Å². The molecule has 1 aliphatic heterocycles. The van der Waals surface area contributed by atoms with Gasteiger partial charge in [0, 0.05) is 19.2 Å². The number of hydrogen-bond donors (Lipinski definition) is 2. The fourth-order valence-corrected chi connectivity index (χ4v) is 1.10. The minimum Gasteiger partial charge on any atom is -0.485 e. The van der Waals surface area contributed by atoms with Gasteiger partial charge >= 0.3 is 12.1 Å². The lowest BCUT2D eigenvalue weighted by Crippen LogP contribution is -2.50. The Labute approximate surface area is 110 Å². The van der Waals surface area contributed by atoms with Gasteiger partial charge in [0.1, 0.15) is 11.9 Å². The van der Waals surface area contributed by atoms with Gasteiger partial charge in [-0.1, -0.05) is 0 Å². The van der Waals surface area contributed by atoms with Crippen molar-refractivity contribution in [2.45, 2.75) is 12.3 Å². The average Bonchev–Trinajstić information content (AvgIpc) is 2.25. The zero-order valence-electron chi connectivity index (χ0n) is 9.88. The lowest BCUT2D eigenvalue weighted by molar-refractivity contribution is -0.192. The molecule has 1 saturated heterocycles. The topological polar surface area (TPSA) is 58.6 Å². The predicted molar refractivity (Wildman–Crippen MR) is 57.3 cm³/mol. The highest BCUT2D eigenvalue weighted by Crippen LogP contribution is 2.19. The van der Waals surface area contributed by atoms with Gasteiger partial charge in [0.2, 0.25) is 0 Å². The zero-order chi connectivity index (χ0) is 15.3. The number of aliphatic carboxylic acids is 1. The van der Waals surface area contributed by atoms with Crippen LogP contribution in [0.15, 0.2) is 18.2 Å². The van der Waals surface area contributed by atoms with Crippen molar-refractivity contribution in [3.63, 3.8) is 0 Å². The van der Waals surface area contributed by atoms with Gasteiger partial charge in [-0.2, -0.15) is 13.2 Å². The maximum atomic E-state index is 13.0. The molecule has 0 spiro atoms. The lowest BCUT2D eigenvalue weighted by atomic mass is 10.2. The molecule has 0 radical (unpaired) electrons. The summed E-state index contributed by atoms with van der Waals surface area (Å²) in [6, 6.07) is 3.31. The highest BCUT2D eigenvalue weighted by Gasteiger charge is 2.38. The van der Waals surface area contributed by atoms with Crippen LogP contribution in [0, 0.1) is 11.6 Å². The number of hydrogen-bond acceptors (Lipinski definition) is 3. The number of halogens is 5. The van der Waals surface area contributed by atoms with Crippen LogP contribution in [0.3, 0.4) is 0 Å². The molecule has 0 aromatic heterocycles. The smallest absolute Gasteiger partial charge is 0.485 e. The zero-order valence-corrected chi connectivity index (χ0v) is 9.88. The molecule has 1 fully saturated rings. The molecule has 2 rings (SSSR count). The first kappa shape index (κ1) is 16.2. The Hall–Kier alpha value is -1.90. The van der Waals surface area contributed by atoms with Crippen molar-refractivity contribution in [2.24, 2.45) is 0 Å². The molecule has 1 heterocycles. The molecule has 0 bridgehead atoms. The van der Waals surface area contributed by atoms with E-state index in [1.54, 1.807) is 0 Å². The molecular formula is C11H10F5NO3. The van der Waals surface area contributed by atoms with Crippen molar-refractivity contribution in [3.8, 4) is 5.75 Å². The molecule has 0 aliphatic carbocycles. The number of ether oxygens (including phenoxy) is 1. The molecule has 1 aliphatic rings. The van der Waals surface area contributed by atoms with Gasteiger partial charge in [-0.3, -0.25) is 0 Å². The van der Waals surface area contributed by atoms with Crippen molar-refractivity contribution in [2.75, 3.05) is 13.1 Å². The van der Waals surface area contributed by atoms with Crippen LogP contribution >= 0.6 is 0 Å². The van der Waals surface area contributed by atoms with E-state index in [1.165, 1.54) is 12.1 Å². The van der Waals surface area contributed by atoms with E-state index < -0.39 is 23.8 Å². The van der Waals surface area contributed by atoms with Gasteiger partial charge < -0.3 is 15.2 Å². The van der Waals surface area contributed by atoms with E-state index in [0.29, 0.717) is 0 Å². The van der Waals surface area contributed by atoms with E-state index in [4.69, 9.17) is 14.6 Å². The molecule has 0 saturated carbocycles. The van der Waals surface area contributed by atoms with Crippen LogP contribution in [0.25, 0.3) is 0 Å². The molecule has 4 nitrogen and oxygen atoms in total. The standard InChI is InChI=1S/C9H9F2NO.C2HF3O2/c10-6-1-2-9(8(11)3-6)13-7-4-12-5-7;3-2(4,5)1(6)7/h1-3,7,12H,4-5H2;(H,6,7). The summed E-state index contributed by atoms with van der Waals surface area (Å²) in [7, 11) is 0. The summed E-state index contributed by atoms with van der Waals surface area (Å²) in [5.41, 5.74) is 0. The molecule has 1 aromatic rings. The summed E-state index contributed by atoms with van der Waals surface area (Å²) in [6.07, 6.45) is -5.07. The summed E-state index contributed by atoms with van der Waals surface area (Å²) in [6.45, 7) is 1.44. The maximum Gasteiger partial charge on any atom is 0.490 e. The Morgan fingerprint density at radius 2 is 1.85 bits per heavy atom. The molecule has 2 N–H and O–H groups in total. The van der Waals surface area contributed by atoms with Crippen LogP contribution in [0.2, 0.25) is 0 Å². The molecule has 0 unspecified atom stereocenters. The predicted octanol–water partition coefficient (Wildman–Crippen LogP) is 1.95. The average molecular weight is 299 g/mol. The van der Waals surface area contributed by atoms with Crippen molar-refractivity contribution in [1.82, 2.24) is 5.32 Å². The number of alkyl halides is 3. The first-order valence-corrected chi connectivity index (χ1v) is 5.32. The second kappa shape index (κ2) is 6.51. The number of nitrogens with one attached hydrogen (secondary N) is 1. The number of carbonyl (C=O) groups is 1. The van der Waals surface area contributed by atoms with E-state index in [2.05, 4.69) is 5.32 Å². The summed E-state index contributed by atoms with van der Waals surface area (Å²) in [5, 5.41) is 10.1. The Bertz CT molecular complexity index is 474. The van der Waals surface area contributed by atoms with Gasteiger partial charge in [-0.05, 0) is 12.1 Å². The number of rotatable bonds is 2. The molecule has 112 valence electrons. The van der Waals surface area contributed by atoms with Crippen LogP contribution in [0.5, 0.6) is 5.75 Å². The molecule has 0 amide bonds. The van der Waals surface area contributed by atoms with Crippen LogP contribution in [0.4, 0.5) is 22.0 Å². The van der Waals surface area contributed by atoms with E-state index in [1.807, 2.05) is 0 Å². The Kier molecular flexibility index (Phi) is 5.26. The van der Waals surface area contributed by atoms with Crippen LogP contribution in [-0.2, 0) is 4.79 Å². The summed E-state index contributed by atoms with van der Waals surface area (Å²) < 4.78 is 62.4. The number of carboxylic acid groups (broad SMARTS) is 1. The van der Waals surface area contributed by atoms with E-state index >= 15 is 0 Å². The van der Waals surface area contributed by atoms with Gasteiger partial charge in [0.25, 0.3) is 0 Å². The highest BCUT2D eigenvalue weighted by molar-refractivity contribution is 5.73. The monoisotopic (exact) mass is 299 g/mol. The SMILES string of the molecule is Fc1ccc(OC2CNC2)c(F)c1.O=C(O)C(F)(F)F. The molecule has 20 heavy (non-hydrogen) atoms. The summed E-state index contributed by atoms with van der Waals surface area (Å²) in [5.74, 6) is -3.87. The van der Waals surface area contributed by atoms with Gasteiger partial charge in [0.05, 0.1) is 0 Å². The largest absolute Gasteiger partial charge is 0.490 e. The highest BCUT2D eigenvalue weighted by atomic mass is 19.4. The van der Waals surface area contributed by atoms with Crippen LogP contribution in [0.1, 0.15) is 0 Å². The van der Waals surface area contributed by atoms with Gasteiger partial charge in [0.15, 0.2) is 11.6 Å². The maximum absolute atomic E-state index is 13.0. The van der Waals surface area contributed by atoms with Crippen LogP contribution < -0.4 is 10.1 Å². The van der Waals surface area contributed by atoms with E-state index in [0.717, 1.165) is 19.2 Å². The minimum atomic E-state index is -5.08. The number of benzene rings is 1. The third-order valence-corrected chi connectivity index (χ3v) is 2.17. The molecule has 9 heteroatoms. The van der Waals surface area contributed by atoms with Gasteiger partial charge in [-0.25, -0.2) is 13.6 Å². The van der Waals surface area contributed by atoms with Crippen molar-refractivity contribution in [1.29, 1.82) is 0 Å². The second-order valence-corrected chi connectivity index (χ2v) is 3.78. The Morgan fingerprint density at radius 1 is 1.30 bits per heavy atom. The first-order valence-electron chi connectivity index (χ1n) is 5.32. The summed E-state index contributed by atoms with van der Waals surface area (Å²) in [4.78, 5) is 8.90. The molecule has 0 atom stereocenters.